The molecule has 26 heavy (non-hydrogen) atoms. The molecule has 2 aliphatic rings. The van der Waals surface area contributed by atoms with Gasteiger partial charge in [0, 0.05) is 37.2 Å². The molecule has 0 bridgehead atoms. The number of carbonyl (C=O) groups is 1. The molecule has 8 nitrogen and oxygen atoms in total. The second-order valence-electron chi connectivity index (χ2n) is 6.46. The van der Waals surface area contributed by atoms with Crippen molar-refractivity contribution in [2.24, 2.45) is 5.92 Å². The minimum atomic E-state index is -3.74. The van der Waals surface area contributed by atoms with Crippen molar-refractivity contribution in [3.05, 3.63) is 23.8 Å². The van der Waals surface area contributed by atoms with Crippen LogP contribution in [0.1, 0.15) is 23.2 Å². The molecule has 1 amide bonds. The summed E-state index contributed by atoms with van der Waals surface area (Å²) >= 11 is 0. The molecule has 0 radical (unpaired) electrons. The van der Waals surface area contributed by atoms with Gasteiger partial charge in [0.1, 0.15) is 10.6 Å². The Balaban J connectivity index is 0.00000243. The van der Waals surface area contributed by atoms with Gasteiger partial charge in [0.25, 0.3) is 5.91 Å². The maximum atomic E-state index is 12.5. The number of aliphatic hydroxyl groups is 1. The van der Waals surface area contributed by atoms with Gasteiger partial charge >= 0.3 is 0 Å². The number of aliphatic hydroxyl groups excluding tert-OH is 1. The largest absolute Gasteiger partial charge is 0.495 e. The maximum absolute atomic E-state index is 12.5. The van der Waals surface area contributed by atoms with Crippen LogP contribution in [0.5, 0.6) is 5.75 Å². The lowest BCUT2D eigenvalue weighted by molar-refractivity contribution is 0.0927. The molecule has 2 atom stereocenters. The second-order valence-corrected chi connectivity index (χ2v) is 8.14. The Morgan fingerprint density at radius 2 is 2.08 bits per heavy atom. The van der Waals surface area contributed by atoms with E-state index in [1.54, 1.807) is 0 Å². The molecule has 1 aliphatic heterocycles. The molecule has 2 unspecified atom stereocenters. The predicted molar refractivity (Wildman–Crippen MR) is 98.3 cm³/mol. The fourth-order valence-electron chi connectivity index (χ4n) is 2.77. The van der Waals surface area contributed by atoms with Crippen molar-refractivity contribution >= 4 is 28.3 Å². The van der Waals surface area contributed by atoms with Gasteiger partial charge in [0.15, 0.2) is 0 Å². The number of carbonyl (C=O) groups excluding carboxylic acids is 1. The number of amides is 1. The zero-order valence-corrected chi connectivity index (χ0v) is 16.0. The van der Waals surface area contributed by atoms with Gasteiger partial charge in [-0.3, -0.25) is 4.79 Å². The van der Waals surface area contributed by atoms with Crippen LogP contribution >= 0.6 is 12.4 Å². The van der Waals surface area contributed by atoms with Crippen LogP contribution in [0.25, 0.3) is 0 Å². The SMILES string of the molecule is COc1ccc(C(=O)NCC2CNCC2O)cc1S(=O)(=O)NC1CC1.Cl. The lowest BCUT2D eigenvalue weighted by Crippen LogP contribution is -2.34. The van der Waals surface area contributed by atoms with Crippen LogP contribution < -0.4 is 20.1 Å². The van der Waals surface area contributed by atoms with E-state index in [4.69, 9.17) is 4.74 Å². The molecule has 0 spiro atoms. The van der Waals surface area contributed by atoms with Crippen molar-refractivity contribution in [2.75, 3.05) is 26.7 Å². The van der Waals surface area contributed by atoms with E-state index in [0.717, 1.165) is 12.8 Å². The highest BCUT2D eigenvalue weighted by molar-refractivity contribution is 7.89. The first-order chi connectivity index (χ1) is 11.9. The van der Waals surface area contributed by atoms with Crippen LogP contribution in [0.4, 0.5) is 0 Å². The minimum absolute atomic E-state index is 0. The first-order valence-electron chi connectivity index (χ1n) is 8.28. The average molecular weight is 406 g/mol. The smallest absolute Gasteiger partial charge is 0.251 e. The number of hydrogen-bond donors (Lipinski definition) is 4. The van der Waals surface area contributed by atoms with Crippen LogP contribution in [0, 0.1) is 5.92 Å². The summed E-state index contributed by atoms with van der Waals surface area (Å²) < 4.78 is 32.7. The van der Waals surface area contributed by atoms with E-state index in [2.05, 4.69) is 15.4 Å². The number of β-amino-alcohol motifs (C(OH)–C–C–N with tert-alkyl or cyclic N) is 1. The van der Waals surface area contributed by atoms with Crippen molar-refractivity contribution in [1.29, 1.82) is 0 Å². The Kier molecular flexibility index (Phi) is 6.86. The highest BCUT2D eigenvalue weighted by Crippen LogP contribution is 2.28. The molecule has 4 N–H and O–H groups in total. The summed E-state index contributed by atoms with van der Waals surface area (Å²) in [7, 11) is -2.35. The number of nitrogens with one attached hydrogen (secondary N) is 3. The summed E-state index contributed by atoms with van der Waals surface area (Å²) in [6, 6.07) is 4.28. The lowest BCUT2D eigenvalue weighted by atomic mass is 10.1. The van der Waals surface area contributed by atoms with E-state index in [9.17, 15) is 18.3 Å². The van der Waals surface area contributed by atoms with Crippen LogP contribution in [0.2, 0.25) is 0 Å². The first kappa shape index (κ1) is 20.9. The van der Waals surface area contributed by atoms with Crippen molar-refractivity contribution in [1.82, 2.24) is 15.4 Å². The number of halogens is 1. The molecule has 1 aromatic rings. The molecule has 1 heterocycles. The third-order valence-electron chi connectivity index (χ3n) is 4.44. The monoisotopic (exact) mass is 405 g/mol. The highest BCUT2D eigenvalue weighted by atomic mass is 35.5. The molecule has 3 rings (SSSR count). The quantitative estimate of drug-likeness (QED) is 0.502. The zero-order valence-electron chi connectivity index (χ0n) is 14.4. The van der Waals surface area contributed by atoms with Crippen molar-refractivity contribution < 1.29 is 23.1 Å². The normalized spacial score (nSPS) is 22.5. The molecule has 1 aliphatic carbocycles. The topological polar surface area (TPSA) is 117 Å². The Hall–Kier alpha value is -1.39. The van der Waals surface area contributed by atoms with E-state index in [1.807, 2.05) is 0 Å². The van der Waals surface area contributed by atoms with Crippen molar-refractivity contribution in [2.45, 2.75) is 29.9 Å². The van der Waals surface area contributed by atoms with Gasteiger partial charge in [0.2, 0.25) is 10.0 Å². The minimum Gasteiger partial charge on any atom is -0.495 e. The Bertz CT molecular complexity index is 754. The molecule has 146 valence electrons. The van der Waals surface area contributed by atoms with Crippen molar-refractivity contribution in [3.63, 3.8) is 0 Å². The summed E-state index contributed by atoms with van der Waals surface area (Å²) in [5.41, 5.74) is 0.234. The van der Waals surface area contributed by atoms with Gasteiger partial charge < -0.3 is 20.5 Å². The third-order valence-corrected chi connectivity index (χ3v) is 5.99. The standard InChI is InChI=1S/C16H23N3O5S.ClH/c1-24-14-5-2-10(6-15(14)25(22,23)19-12-3-4-12)16(21)18-8-11-7-17-9-13(11)20;/h2,5-6,11-13,17,19-20H,3-4,7-9H2,1H3,(H,18,21);1H. The summed E-state index contributed by atoms with van der Waals surface area (Å²) in [4.78, 5) is 12.3. The highest BCUT2D eigenvalue weighted by Gasteiger charge is 2.30. The van der Waals surface area contributed by atoms with E-state index in [-0.39, 0.29) is 46.5 Å². The predicted octanol–water partition coefficient (Wildman–Crippen LogP) is -0.132. The Morgan fingerprint density at radius 1 is 1.35 bits per heavy atom. The zero-order chi connectivity index (χ0) is 18.0. The van der Waals surface area contributed by atoms with E-state index in [1.165, 1.54) is 25.3 Å². The average Bonchev–Trinajstić information content (AvgIpc) is 3.30. The molecule has 1 saturated heterocycles. The van der Waals surface area contributed by atoms with Crippen LogP contribution in [-0.4, -0.2) is 58.3 Å². The molecular weight excluding hydrogens is 382 g/mol. The van der Waals surface area contributed by atoms with E-state index < -0.39 is 16.1 Å². The van der Waals surface area contributed by atoms with Crippen LogP contribution in [0.3, 0.4) is 0 Å². The molecule has 0 aromatic heterocycles. The third kappa shape index (κ3) is 4.86. The van der Waals surface area contributed by atoms with Gasteiger partial charge in [0.05, 0.1) is 13.2 Å². The van der Waals surface area contributed by atoms with Gasteiger partial charge in [-0.25, -0.2) is 13.1 Å². The molecule has 1 saturated carbocycles. The molecular formula is C16H24ClN3O5S. The van der Waals surface area contributed by atoms with Gasteiger partial charge in [-0.2, -0.15) is 0 Å². The van der Waals surface area contributed by atoms with Gasteiger partial charge in [-0.1, -0.05) is 0 Å². The summed E-state index contributed by atoms with van der Waals surface area (Å²) in [6.45, 7) is 1.47. The number of sulfonamides is 1. The fourth-order valence-corrected chi connectivity index (χ4v) is 4.27. The molecule has 2 fully saturated rings. The summed E-state index contributed by atoms with van der Waals surface area (Å²) in [5.74, 6) is -0.244. The number of ether oxygens (including phenoxy) is 1. The Morgan fingerprint density at radius 3 is 2.65 bits per heavy atom. The number of methoxy groups -OCH3 is 1. The lowest BCUT2D eigenvalue weighted by Gasteiger charge is -2.15. The van der Waals surface area contributed by atoms with E-state index in [0.29, 0.717) is 19.6 Å². The number of hydrogen-bond acceptors (Lipinski definition) is 6. The Labute approximate surface area is 159 Å². The second kappa shape index (κ2) is 8.53. The van der Waals surface area contributed by atoms with E-state index >= 15 is 0 Å². The first-order valence-corrected chi connectivity index (χ1v) is 9.76. The van der Waals surface area contributed by atoms with Gasteiger partial charge in [-0.05, 0) is 31.0 Å². The molecule has 10 heteroatoms. The van der Waals surface area contributed by atoms with Gasteiger partial charge in [-0.15, -0.1) is 12.4 Å². The number of benzene rings is 1. The van der Waals surface area contributed by atoms with Crippen LogP contribution in [0.15, 0.2) is 23.1 Å². The fraction of sp³-hybridized carbons (Fsp3) is 0.562. The maximum Gasteiger partial charge on any atom is 0.251 e. The summed E-state index contributed by atoms with van der Waals surface area (Å²) in [5, 5.41) is 15.6. The molecule has 1 aromatic carbocycles. The van der Waals surface area contributed by atoms with Crippen molar-refractivity contribution in [3.8, 4) is 5.75 Å². The number of rotatable bonds is 7. The summed E-state index contributed by atoms with van der Waals surface area (Å²) in [6.07, 6.45) is 1.15. The van der Waals surface area contributed by atoms with Crippen LogP contribution in [-0.2, 0) is 10.0 Å².